The SMILES string of the molecule is C=CCOC(=O)[C@H](CCC(=O)N[C@@H](CC(C)C)C(=O)N[C@@H](COC(c1ccccc1)(c1ccccc1)c1ccccc1)C(=O)NCC(=O)N[C@@H](CCCCNC(=O)OC(C)(C)C)C(=O)Nc1ccc(COC(=O)NCCN2C(=O)C=CC2=O)cc1)NC(C)=O. The first-order valence-electron chi connectivity index (χ1n) is 29.3. The van der Waals surface area contributed by atoms with Crippen LogP contribution in [-0.2, 0) is 74.3 Å². The Bertz CT molecular complexity index is 2990. The molecule has 10 amide bonds. The molecule has 1 aliphatic rings. The van der Waals surface area contributed by atoms with Gasteiger partial charge in [-0.15, -0.1) is 0 Å². The Balaban J connectivity index is 1.36. The smallest absolute Gasteiger partial charge is 0.407 e. The molecule has 0 radical (unpaired) electrons. The molecule has 4 atom stereocenters. The van der Waals surface area contributed by atoms with E-state index in [4.69, 9.17) is 18.9 Å². The maximum atomic E-state index is 14.7. The Kier molecular flexibility index (Phi) is 27.7. The molecule has 24 heteroatoms. The van der Waals surface area contributed by atoms with Crippen LogP contribution < -0.4 is 42.5 Å². The number of anilines is 1. The number of carbonyl (C=O) groups excluding carboxylic acids is 11. The highest BCUT2D eigenvalue weighted by atomic mass is 16.6. The van der Waals surface area contributed by atoms with Crippen LogP contribution in [-0.4, -0.2) is 139 Å². The first-order valence-corrected chi connectivity index (χ1v) is 29.3. The number of esters is 1. The lowest BCUT2D eigenvalue weighted by Gasteiger charge is -2.37. The van der Waals surface area contributed by atoms with E-state index in [1.807, 2.05) is 105 Å². The average molecular weight is 1230 g/mol. The Labute approximate surface area is 518 Å². The molecule has 1 heterocycles. The van der Waals surface area contributed by atoms with Crippen molar-refractivity contribution >= 4 is 71.1 Å². The highest BCUT2D eigenvalue weighted by Gasteiger charge is 2.40. The monoisotopic (exact) mass is 1230 g/mol. The number of ether oxygens (including phenoxy) is 4. The van der Waals surface area contributed by atoms with E-state index < -0.39 is 114 Å². The van der Waals surface area contributed by atoms with Crippen molar-refractivity contribution in [3.63, 3.8) is 0 Å². The van der Waals surface area contributed by atoms with Gasteiger partial charge in [0.1, 0.15) is 48.6 Å². The van der Waals surface area contributed by atoms with Gasteiger partial charge in [-0.2, -0.15) is 0 Å². The Morgan fingerprint density at radius 3 is 1.72 bits per heavy atom. The second-order valence-electron chi connectivity index (χ2n) is 22.2. The third-order valence-electron chi connectivity index (χ3n) is 13.4. The number of benzene rings is 4. The number of nitrogens with one attached hydrogen (secondary N) is 8. The fourth-order valence-electron chi connectivity index (χ4n) is 9.23. The highest BCUT2D eigenvalue weighted by molar-refractivity contribution is 6.13. The van der Waals surface area contributed by atoms with Crippen LogP contribution in [0.1, 0.15) is 102 Å². The van der Waals surface area contributed by atoms with Gasteiger partial charge in [-0.05, 0) is 93.2 Å². The van der Waals surface area contributed by atoms with Crippen molar-refractivity contribution in [1.29, 1.82) is 0 Å². The van der Waals surface area contributed by atoms with Gasteiger partial charge in [0.2, 0.25) is 35.4 Å². The molecular weight excluding hydrogens is 1150 g/mol. The number of carbonyl (C=O) groups is 11. The van der Waals surface area contributed by atoms with Crippen LogP contribution in [0.2, 0.25) is 0 Å². The van der Waals surface area contributed by atoms with E-state index in [1.165, 1.54) is 13.0 Å². The molecule has 0 aromatic heterocycles. The van der Waals surface area contributed by atoms with E-state index in [1.54, 1.807) is 45.0 Å². The fraction of sp³-hybridized carbons (Fsp3) is 0.400. The summed E-state index contributed by atoms with van der Waals surface area (Å²) in [6.45, 7) is 12.2. The van der Waals surface area contributed by atoms with Crippen molar-refractivity contribution in [2.24, 2.45) is 5.92 Å². The molecule has 0 unspecified atom stereocenters. The van der Waals surface area contributed by atoms with Crippen molar-refractivity contribution in [3.8, 4) is 0 Å². The van der Waals surface area contributed by atoms with Crippen LogP contribution in [0.25, 0.3) is 0 Å². The molecule has 0 bridgehead atoms. The van der Waals surface area contributed by atoms with Gasteiger partial charge < -0.3 is 61.5 Å². The maximum Gasteiger partial charge on any atom is 0.407 e. The second kappa shape index (κ2) is 35.2. The molecule has 4 aromatic rings. The number of alkyl carbamates (subject to hydrolysis) is 2. The van der Waals surface area contributed by atoms with Crippen LogP contribution in [0.3, 0.4) is 0 Å². The number of hydrogen-bond acceptors (Lipinski definition) is 15. The first kappa shape index (κ1) is 70.1. The van der Waals surface area contributed by atoms with Gasteiger partial charge in [0.15, 0.2) is 0 Å². The first-order chi connectivity index (χ1) is 42.5. The number of imide groups is 1. The average Bonchev–Trinajstić information content (AvgIpc) is 1.35. The molecule has 0 fully saturated rings. The van der Waals surface area contributed by atoms with Gasteiger partial charge in [0.25, 0.3) is 11.8 Å². The zero-order valence-corrected chi connectivity index (χ0v) is 51.1. The van der Waals surface area contributed by atoms with Crippen LogP contribution in [0.15, 0.2) is 140 Å². The van der Waals surface area contributed by atoms with Gasteiger partial charge in [-0.3, -0.25) is 43.3 Å². The largest absolute Gasteiger partial charge is 0.460 e. The normalized spacial score (nSPS) is 13.4. The van der Waals surface area contributed by atoms with E-state index in [0.29, 0.717) is 40.8 Å². The molecule has 4 aromatic carbocycles. The molecule has 476 valence electrons. The minimum Gasteiger partial charge on any atom is -0.460 e. The lowest BCUT2D eigenvalue weighted by molar-refractivity contribution is -0.147. The third kappa shape index (κ3) is 23.5. The number of hydrogen-bond donors (Lipinski definition) is 8. The molecule has 0 aliphatic carbocycles. The molecule has 0 saturated heterocycles. The molecule has 24 nitrogen and oxygen atoms in total. The molecule has 89 heavy (non-hydrogen) atoms. The summed E-state index contributed by atoms with van der Waals surface area (Å²) in [5.41, 5.74) is 0.774. The standard InChI is InChI=1S/C65H81N9O15/c1-8-38-86-61(83)51(69-44(4)75)31-32-54(76)72-52(39-43(2)3)60(82)73-53(42-88-65(46-20-12-9-13-21-46,47-22-14-10-15-23-47)48-24-16-11-17-25-48)58(80)68-40-55(77)71-50(26-18-19-35-66-63(85)89-64(5,6)7)59(81)70-49-29-27-45(28-30-49)41-87-62(84)67-36-37-74-56(78)33-34-57(74)79/h8-17,20-25,27-30,33-34,43,50-53H,1,18-19,26,31-32,35-42H2,2-7H3,(H,66,85)(H,67,84)(H,68,80)(H,69,75)(H,70,81)(H,71,77)(H,72,76)(H,73,82)/t50-,51-,52-,53-/m0/s1. The van der Waals surface area contributed by atoms with Gasteiger partial charge in [-0.25, -0.2) is 14.4 Å². The molecular formula is C65H81N9O15. The molecule has 0 saturated carbocycles. The summed E-state index contributed by atoms with van der Waals surface area (Å²) in [6.07, 6.45) is 2.60. The van der Waals surface area contributed by atoms with Crippen molar-refractivity contribution < 1.29 is 71.7 Å². The predicted molar refractivity (Wildman–Crippen MR) is 329 cm³/mol. The van der Waals surface area contributed by atoms with Crippen LogP contribution in [0.5, 0.6) is 0 Å². The number of unbranched alkanes of at least 4 members (excludes halogenated alkanes) is 1. The van der Waals surface area contributed by atoms with E-state index in [0.717, 1.165) is 17.1 Å². The highest BCUT2D eigenvalue weighted by Crippen LogP contribution is 2.40. The quantitative estimate of drug-likeness (QED) is 0.00752. The maximum absolute atomic E-state index is 14.7. The summed E-state index contributed by atoms with van der Waals surface area (Å²) >= 11 is 0. The number of amides is 10. The lowest BCUT2D eigenvalue weighted by Crippen LogP contribution is -2.57. The number of nitrogens with zero attached hydrogens (tertiary/aromatic N) is 1. The van der Waals surface area contributed by atoms with E-state index in [9.17, 15) is 52.7 Å². The van der Waals surface area contributed by atoms with Crippen molar-refractivity contribution in [2.45, 2.75) is 122 Å². The third-order valence-corrected chi connectivity index (χ3v) is 13.4. The number of rotatable bonds is 34. The Morgan fingerprint density at radius 1 is 0.596 bits per heavy atom. The Hall–Kier alpha value is -9.71. The van der Waals surface area contributed by atoms with Crippen molar-refractivity contribution in [3.05, 3.63) is 162 Å². The molecule has 1 aliphatic heterocycles. The van der Waals surface area contributed by atoms with E-state index in [-0.39, 0.29) is 64.4 Å². The van der Waals surface area contributed by atoms with E-state index >= 15 is 0 Å². The van der Waals surface area contributed by atoms with Gasteiger partial charge in [0, 0.05) is 50.8 Å². The predicted octanol–water partition coefficient (Wildman–Crippen LogP) is 5.11. The summed E-state index contributed by atoms with van der Waals surface area (Å²) < 4.78 is 22.7. The summed E-state index contributed by atoms with van der Waals surface area (Å²) in [6, 6.07) is 29.0. The molecule has 8 N–H and O–H groups in total. The lowest BCUT2D eigenvalue weighted by atomic mass is 9.80. The van der Waals surface area contributed by atoms with Crippen LogP contribution in [0, 0.1) is 5.92 Å². The minimum absolute atomic E-state index is 0.0322. The van der Waals surface area contributed by atoms with Gasteiger partial charge in [-0.1, -0.05) is 130 Å². The molecule has 5 rings (SSSR count). The summed E-state index contributed by atoms with van der Waals surface area (Å²) in [7, 11) is 0. The summed E-state index contributed by atoms with van der Waals surface area (Å²) in [5.74, 6) is -6.17. The zero-order chi connectivity index (χ0) is 64.9. The van der Waals surface area contributed by atoms with Crippen molar-refractivity contribution in [1.82, 2.24) is 42.1 Å². The Morgan fingerprint density at radius 2 is 1.17 bits per heavy atom. The molecule has 0 spiro atoms. The topological polar surface area (TPSA) is 324 Å². The van der Waals surface area contributed by atoms with Crippen molar-refractivity contribution in [2.75, 3.05) is 44.7 Å². The van der Waals surface area contributed by atoms with E-state index in [2.05, 4.69) is 49.1 Å². The zero-order valence-electron chi connectivity index (χ0n) is 51.1. The second-order valence-corrected chi connectivity index (χ2v) is 22.2. The van der Waals surface area contributed by atoms with Gasteiger partial charge in [0.05, 0.1) is 13.2 Å². The van der Waals surface area contributed by atoms with Crippen LogP contribution >= 0.6 is 0 Å². The minimum atomic E-state index is -1.54. The fourth-order valence-corrected chi connectivity index (χ4v) is 9.23. The van der Waals surface area contributed by atoms with Crippen LogP contribution in [0.4, 0.5) is 15.3 Å². The summed E-state index contributed by atoms with van der Waals surface area (Å²) in [4.78, 5) is 145. The van der Waals surface area contributed by atoms with Gasteiger partial charge >= 0.3 is 18.2 Å². The summed E-state index contributed by atoms with van der Waals surface area (Å²) in [5, 5.41) is 21.2.